The molecule has 1 aliphatic rings. The Balaban J connectivity index is 1.81. The van der Waals surface area contributed by atoms with Gasteiger partial charge in [0.05, 0.1) is 7.11 Å². The Hall–Kier alpha value is -1.22. The smallest absolute Gasteiger partial charge is 0.160 e. The summed E-state index contributed by atoms with van der Waals surface area (Å²) in [6.07, 6.45) is 4.11. The molecular formula is C13H19NO2. The van der Waals surface area contributed by atoms with Crippen LogP contribution in [0.5, 0.6) is 11.5 Å². The second kappa shape index (κ2) is 5.21. The van der Waals surface area contributed by atoms with Gasteiger partial charge in [-0.2, -0.15) is 0 Å². The van der Waals surface area contributed by atoms with Crippen molar-refractivity contribution in [2.24, 2.45) is 5.92 Å². The van der Waals surface area contributed by atoms with Gasteiger partial charge in [0, 0.05) is 6.54 Å². The molecular weight excluding hydrogens is 202 g/mol. The number of hydrogen-bond donors (Lipinski definition) is 2. The van der Waals surface area contributed by atoms with Crippen LogP contribution in [0.25, 0.3) is 0 Å². The first-order valence-electron chi connectivity index (χ1n) is 5.86. The number of methoxy groups -OCH3 is 1. The quantitative estimate of drug-likeness (QED) is 0.801. The van der Waals surface area contributed by atoms with Gasteiger partial charge in [0.1, 0.15) is 0 Å². The molecule has 2 N–H and O–H groups in total. The van der Waals surface area contributed by atoms with Gasteiger partial charge in [0.25, 0.3) is 0 Å². The van der Waals surface area contributed by atoms with Gasteiger partial charge < -0.3 is 15.2 Å². The summed E-state index contributed by atoms with van der Waals surface area (Å²) >= 11 is 0. The Morgan fingerprint density at radius 3 is 2.81 bits per heavy atom. The molecule has 0 aliphatic heterocycles. The summed E-state index contributed by atoms with van der Waals surface area (Å²) in [7, 11) is 1.56. The molecule has 88 valence electrons. The van der Waals surface area contributed by atoms with Gasteiger partial charge in [-0.25, -0.2) is 0 Å². The van der Waals surface area contributed by atoms with Crippen molar-refractivity contribution < 1.29 is 9.84 Å². The lowest BCUT2D eigenvalue weighted by Crippen LogP contribution is -2.26. The van der Waals surface area contributed by atoms with E-state index in [4.69, 9.17) is 4.74 Å². The Bertz CT molecular complexity index is 348. The van der Waals surface area contributed by atoms with Gasteiger partial charge in [-0.05, 0) is 43.0 Å². The van der Waals surface area contributed by atoms with Crippen molar-refractivity contribution in [3.8, 4) is 11.5 Å². The third-order valence-electron chi connectivity index (χ3n) is 3.23. The number of phenols is 1. The van der Waals surface area contributed by atoms with Gasteiger partial charge >= 0.3 is 0 Å². The zero-order valence-corrected chi connectivity index (χ0v) is 9.70. The average Bonchev–Trinajstić information content (AvgIpc) is 2.22. The number of hydrogen-bond acceptors (Lipinski definition) is 3. The number of nitrogens with one attached hydrogen (secondary N) is 1. The van der Waals surface area contributed by atoms with E-state index in [1.807, 2.05) is 6.07 Å². The minimum Gasteiger partial charge on any atom is -0.504 e. The van der Waals surface area contributed by atoms with E-state index >= 15 is 0 Å². The first-order valence-corrected chi connectivity index (χ1v) is 5.86. The summed E-state index contributed by atoms with van der Waals surface area (Å²) in [4.78, 5) is 0. The standard InChI is InChI=1S/C13H19NO2/c1-16-13-6-5-11(7-12(13)15)9-14-8-10-3-2-4-10/h5-7,10,14-15H,2-4,8-9H2,1H3. The minimum absolute atomic E-state index is 0.213. The SMILES string of the molecule is COc1ccc(CNCC2CCC2)cc1O. The van der Waals surface area contributed by atoms with Crippen molar-refractivity contribution >= 4 is 0 Å². The zero-order chi connectivity index (χ0) is 11.4. The molecule has 0 atom stereocenters. The molecule has 0 spiro atoms. The van der Waals surface area contributed by atoms with E-state index in [-0.39, 0.29) is 5.75 Å². The number of phenolic OH excluding ortho intramolecular Hbond substituents is 1. The van der Waals surface area contributed by atoms with Crippen molar-refractivity contribution in [3.05, 3.63) is 23.8 Å². The number of ether oxygens (including phenoxy) is 1. The van der Waals surface area contributed by atoms with Crippen molar-refractivity contribution in [2.45, 2.75) is 25.8 Å². The first kappa shape index (κ1) is 11.3. The molecule has 1 fully saturated rings. The molecule has 0 bridgehead atoms. The van der Waals surface area contributed by atoms with E-state index in [1.165, 1.54) is 19.3 Å². The maximum Gasteiger partial charge on any atom is 0.160 e. The van der Waals surface area contributed by atoms with Gasteiger partial charge in [0.2, 0.25) is 0 Å². The molecule has 3 heteroatoms. The summed E-state index contributed by atoms with van der Waals surface area (Å²) in [6.45, 7) is 1.90. The maximum atomic E-state index is 9.60. The van der Waals surface area contributed by atoms with E-state index in [0.717, 1.165) is 24.6 Å². The third kappa shape index (κ3) is 2.67. The predicted molar refractivity (Wildman–Crippen MR) is 63.7 cm³/mol. The molecule has 1 aliphatic carbocycles. The van der Waals surface area contributed by atoms with Crippen LogP contribution in [0.15, 0.2) is 18.2 Å². The van der Waals surface area contributed by atoms with Crippen LogP contribution >= 0.6 is 0 Å². The van der Waals surface area contributed by atoms with Crippen LogP contribution in [0.1, 0.15) is 24.8 Å². The molecule has 1 saturated carbocycles. The monoisotopic (exact) mass is 221 g/mol. The lowest BCUT2D eigenvalue weighted by atomic mass is 9.85. The molecule has 16 heavy (non-hydrogen) atoms. The van der Waals surface area contributed by atoms with E-state index in [9.17, 15) is 5.11 Å². The highest BCUT2D eigenvalue weighted by molar-refractivity contribution is 5.41. The summed E-state index contributed by atoms with van der Waals surface area (Å²) in [5, 5.41) is 13.0. The molecule has 0 radical (unpaired) electrons. The number of aromatic hydroxyl groups is 1. The van der Waals surface area contributed by atoms with E-state index in [0.29, 0.717) is 5.75 Å². The van der Waals surface area contributed by atoms with E-state index in [1.54, 1.807) is 19.2 Å². The van der Waals surface area contributed by atoms with E-state index < -0.39 is 0 Å². The lowest BCUT2D eigenvalue weighted by Gasteiger charge is -2.25. The summed E-state index contributed by atoms with van der Waals surface area (Å²) < 4.78 is 5.00. The topological polar surface area (TPSA) is 41.5 Å². The van der Waals surface area contributed by atoms with Crippen LogP contribution in [0.4, 0.5) is 0 Å². The van der Waals surface area contributed by atoms with Gasteiger partial charge in [-0.15, -0.1) is 0 Å². The molecule has 0 amide bonds. The maximum absolute atomic E-state index is 9.60. The fourth-order valence-electron chi connectivity index (χ4n) is 1.96. The molecule has 0 aromatic heterocycles. The highest BCUT2D eigenvalue weighted by atomic mass is 16.5. The highest BCUT2D eigenvalue weighted by Gasteiger charge is 2.16. The minimum atomic E-state index is 0.213. The van der Waals surface area contributed by atoms with Crippen LogP contribution in [0.2, 0.25) is 0 Å². The van der Waals surface area contributed by atoms with Crippen molar-refractivity contribution in [3.63, 3.8) is 0 Å². The van der Waals surface area contributed by atoms with Crippen molar-refractivity contribution in [1.29, 1.82) is 0 Å². The van der Waals surface area contributed by atoms with Gasteiger partial charge in [-0.1, -0.05) is 12.5 Å². The second-order valence-corrected chi connectivity index (χ2v) is 4.43. The molecule has 2 rings (SSSR count). The number of benzene rings is 1. The lowest BCUT2D eigenvalue weighted by molar-refractivity contribution is 0.301. The number of rotatable bonds is 5. The Labute approximate surface area is 96.4 Å². The average molecular weight is 221 g/mol. The molecule has 0 saturated heterocycles. The van der Waals surface area contributed by atoms with Gasteiger partial charge in [-0.3, -0.25) is 0 Å². The van der Waals surface area contributed by atoms with Crippen molar-refractivity contribution in [2.75, 3.05) is 13.7 Å². The second-order valence-electron chi connectivity index (χ2n) is 4.43. The van der Waals surface area contributed by atoms with Crippen LogP contribution in [0, 0.1) is 5.92 Å². The van der Waals surface area contributed by atoms with Crippen LogP contribution < -0.4 is 10.1 Å². The highest BCUT2D eigenvalue weighted by Crippen LogP contribution is 2.27. The Kier molecular flexibility index (Phi) is 3.67. The normalized spacial score (nSPS) is 15.8. The molecule has 0 unspecified atom stereocenters. The van der Waals surface area contributed by atoms with Crippen LogP contribution in [0.3, 0.4) is 0 Å². The first-order chi connectivity index (χ1) is 7.79. The molecule has 1 aromatic rings. The predicted octanol–water partition coefficient (Wildman–Crippen LogP) is 2.29. The molecule has 3 nitrogen and oxygen atoms in total. The van der Waals surface area contributed by atoms with Gasteiger partial charge in [0.15, 0.2) is 11.5 Å². The summed E-state index contributed by atoms with van der Waals surface area (Å²) in [5.41, 5.74) is 1.10. The third-order valence-corrected chi connectivity index (χ3v) is 3.23. The van der Waals surface area contributed by atoms with Crippen molar-refractivity contribution in [1.82, 2.24) is 5.32 Å². The Morgan fingerprint density at radius 2 is 2.25 bits per heavy atom. The van der Waals surface area contributed by atoms with Crippen LogP contribution in [-0.4, -0.2) is 18.8 Å². The molecule has 1 aromatic carbocycles. The van der Waals surface area contributed by atoms with Crippen LogP contribution in [-0.2, 0) is 6.54 Å². The largest absolute Gasteiger partial charge is 0.504 e. The summed E-state index contributed by atoms with van der Waals surface area (Å²) in [6, 6.07) is 5.54. The van der Waals surface area contributed by atoms with E-state index in [2.05, 4.69) is 5.32 Å². The fraction of sp³-hybridized carbons (Fsp3) is 0.538. The fourth-order valence-corrected chi connectivity index (χ4v) is 1.96. The Morgan fingerprint density at radius 1 is 1.44 bits per heavy atom. The zero-order valence-electron chi connectivity index (χ0n) is 9.70. The molecule has 0 heterocycles. The summed E-state index contributed by atoms with van der Waals surface area (Å²) in [5.74, 6) is 1.61.